The second-order valence-corrected chi connectivity index (χ2v) is 4.27. The summed E-state index contributed by atoms with van der Waals surface area (Å²) >= 11 is 0. The van der Waals surface area contributed by atoms with E-state index >= 15 is 0 Å². The highest BCUT2D eigenvalue weighted by Crippen LogP contribution is 2.29. The number of benzene rings is 1. The summed E-state index contributed by atoms with van der Waals surface area (Å²) in [6.45, 7) is 0.567. The molecule has 0 saturated heterocycles. The van der Waals surface area contributed by atoms with Crippen LogP contribution in [0.5, 0.6) is 0 Å². The van der Waals surface area contributed by atoms with Crippen molar-refractivity contribution in [3.63, 3.8) is 0 Å². The topological polar surface area (TPSA) is 70.6 Å². The number of rotatable bonds is 6. The first kappa shape index (κ1) is 17.3. The molecule has 0 radical (unpaired) electrons. The lowest BCUT2D eigenvalue weighted by Crippen LogP contribution is -2.39. The minimum atomic E-state index is -4.41. The van der Waals surface area contributed by atoms with Crippen LogP contribution in [0.4, 0.5) is 18.0 Å². The largest absolute Gasteiger partial charge is 0.416 e. The fourth-order valence-corrected chi connectivity index (χ4v) is 1.53. The molecule has 0 fully saturated rings. The molecule has 0 bridgehead atoms. The Kier molecular flexibility index (Phi) is 6.44. The van der Waals surface area contributed by atoms with E-state index in [0.29, 0.717) is 18.7 Å². The summed E-state index contributed by atoms with van der Waals surface area (Å²) in [7, 11) is 1.49. The Morgan fingerprint density at radius 1 is 1.29 bits per heavy atom. The number of halogens is 3. The molecular weight excluding hydrogens is 289 g/mol. The summed E-state index contributed by atoms with van der Waals surface area (Å²) in [4.78, 5) is 11.3. The van der Waals surface area contributed by atoms with Crippen molar-refractivity contribution in [3.05, 3.63) is 35.4 Å². The first-order valence-corrected chi connectivity index (χ1v) is 6.20. The summed E-state index contributed by atoms with van der Waals surface area (Å²) in [5.74, 6) is 0. The molecule has 8 heteroatoms. The number of methoxy groups -OCH3 is 1. The number of hydrogen-bond donors (Lipinski definition) is 3. The molecule has 1 unspecified atom stereocenters. The van der Waals surface area contributed by atoms with Gasteiger partial charge in [0.1, 0.15) is 0 Å². The quantitative estimate of drug-likeness (QED) is 0.700. The van der Waals surface area contributed by atoms with Gasteiger partial charge in [0.25, 0.3) is 0 Å². The number of carbonyl (C=O) groups is 1. The van der Waals surface area contributed by atoms with Gasteiger partial charge in [0.2, 0.25) is 0 Å². The monoisotopic (exact) mass is 306 g/mol. The Hall–Kier alpha value is -1.80. The molecule has 0 aromatic heterocycles. The van der Waals surface area contributed by atoms with Crippen molar-refractivity contribution in [3.8, 4) is 0 Å². The Labute approximate surface area is 120 Å². The molecule has 21 heavy (non-hydrogen) atoms. The number of aliphatic hydroxyl groups excluding tert-OH is 1. The fraction of sp³-hybridized carbons (Fsp3) is 0.462. The van der Waals surface area contributed by atoms with Crippen molar-refractivity contribution in [2.45, 2.75) is 12.3 Å². The predicted molar refractivity (Wildman–Crippen MR) is 69.7 cm³/mol. The van der Waals surface area contributed by atoms with Gasteiger partial charge in [-0.3, -0.25) is 0 Å². The van der Waals surface area contributed by atoms with E-state index in [1.54, 1.807) is 0 Å². The number of alkyl halides is 3. The lowest BCUT2D eigenvalue weighted by atomic mass is 10.1. The average Bonchev–Trinajstić information content (AvgIpc) is 2.44. The van der Waals surface area contributed by atoms with Crippen molar-refractivity contribution in [2.75, 3.05) is 26.8 Å². The van der Waals surface area contributed by atoms with Gasteiger partial charge in [-0.2, -0.15) is 13.2 Å². The van der Waals surface area contributed by atoms with E-state index in [1.165, 1.54) is 19.2 Å². The standard InChI is InChI=1S/C13H17F3N2O3/c1-21-7-6-17-12(20)18-8-11(19)9-2-4-10(5-3-9)13(14,15)16/h2-5,11,19H,6-8H2,1H3,(H2,17,18,20). The van der Waals surface area contributed by atoms with E-state index in [9.17, 15) is 23.1 Å². The molecule has 0 saturated carbocycles. The van der Waals surface area contributed by atoms with Gasteiger partial charge in [-0.25, -0.2) is 4.79 Å². The second-order valence-electron chi connectivity index (χ2n) is 4.27. The lowest BCUT2D eigenvalue weighted by molar-refractivity contribution is -0.137. The highest BCUT2D eigenvalue weighted by Gasteiger charge is 2.30. The first-order valence-electron chi connectivity index (χ1n) is 6.20. The van der Waals surface area contributed by atoms with Crippen LogP contribution in [0.3, 0.4) is 0 Å². The van der Waals surface area contributed by atoms with Crippen LogP contribution >= 0.6 is 0 Å². The Morgan fingerprint density at radius 3 is 2.43 bits per heavy atom. The molecular formula is C13H17F3N2O3. The molecule has 1 atom stereocenters. The third-order valence-electron chi connectivity index (χ3n) is 2.67. The maximum atomic E-state index is 12.4. The zero-order valence-electron chi connectivity index (χ0n) is 11.4. The number of nitrogens with one attached hydrogen (secondary N) is 2. The molecule has 1 aromatic rings. The van der Waals surface area contributed by atoms with Crippen LogP contribution in [0, 0.1) is 0 Å². The van der Waals surface area contributed by atoms with Crippen molar-refractivity contribution in [2.24, 2.45) is 0 Å². The van der Waals surface area contributed by atoms with Crippen LogP contribution in [-0.4, -0.2) is 37.9 Å². The summed E-state index contributed by atoms with van der Waals surface area (Å²) in [5.41, 5.74) is -0.496. The average molecular weight is 306 g/mol. The Balaban J connectivity index is 2.45. The number of aliphatic hydroxyl groups is 1. The summed E-state index contributed by atoms with van der Waals surface area (Å²) in [6.07, 6.45) is -5.50. The molecule has 118 valence electrons. The normalized spacial score (nSPS) is 12.8. The van der Waals surface area contributed by atoms with E-state index in [1.807, 2.05) is 0 Å². The Morgan fingerprint density at radius 2 is 1.90 bits per heavy atom. The molecule has 0 spiro atoms. The first-order chi connectivity index (χ1) is 9.84. The van der Waals surface area contributed by atoms with Crippen molar-refractivity contribution < 1.29 is 27.8 Å². The van der Waals surface area contributed by atoms with Gasteiger partial charge in [-0.05, 0) is 17.7 Å². The minimum absolute atomic E-state index is 0.107. The van der Waals surface area contributed by atoms with Crippen LogP contribution in [0.2, 0.25) is 0 Å². The van der Waals surface area contributed by atoms with E-state index < -0.39 is 23.9 Å². The van der Waals surface area contributed by atoms with Crippen LogP contribution < -0.4 is 10.6 Å². The summed E-state index contributed by atoms with van der Waals surface area (Å²) < 4.78 is 41.9. The number of urea groups is 1. The summed E-state index contributed by atoms with van der Waals surface area (Å²) in [6, 6.07) is 3.64. The van der Waals surface area contributed by atoms with Gasteiger partial charge in [0.15, 0.2) is 0 Å². The lowest BCUT2D eigenvalue weighted by Gasteiger charge is -2.14. The van der Waals surface area contributed by atoms with Crippen LogP contribution in [0.15, 0.2) is 24.3 Å². The maximum absolute atomic E-state index is 12.4. The van der Waals surface area contributed by atoms with Crippen molar-refractivity contribution in [1.29, 1.82) is 0 Å². The van der Waals surface area contributed by atoms with Gasteiger partial charge in [-0.15, -0.1) is 0 Å². The van der Waals surface area contributed by atoms with Gasteiger partial charge in [-0.1, -0.05) is 12.1 Å². The van der Waals surface area contributed by atoms with Gasteiger partial charge < -0.3 is 20.5 Å². The summed E-state index contributed by atoms with van der Waals surface area (Å²) in [5, 5.41) is 14.7. The molecule has 1 aromatic carbocycles. The van der Waals surface area contributed by atoms with Gasteiger partial charge in [0, 0.05) is 20.2 Å². The van der Waals surface area contributed by atoms with Crippen LogP contribution in [0.1, 0.15) is 17.2 Å². The molecule has 0 aliphatic heterocycles. The molecule has 0 aliphatic rings. The van der Waals surface area contributed by atoms with Crippen LogP contribution in [0.25, 0.3) is 0 Å². The van der Waals surface area contributed by atoms with E-state index in [4.69, 9.17) is 4.74 Å². The predicted octanol–water partition coefficient (Wildman–Crippen LogP) is 1.68. The molecule has 1 rings (SSSR count). The van der Waals surface area contributed by atoms with Crippen molar-refractivity contribution >= 4 is 6.03 Å². The second kappa shape index (κ2) is 7.84. The van der Waals surface area contributed by atoms with Gasteiger partial charge >= 0.3 is 12.2 Å². The van der Waals surface area contributed by atoms with E-state index in [-0.39, 0.29) is 6.54 Å². The van der Waals surface area contributed by atoms with Crippen LogP contribution in [-0.2, 0) is 10.9 Å². The number of carbonyl (C=O) groups excluding carboxylic acids is 1. The molecule has 5 nitrogen and oxygen atoms in total. The zero-order valence-corrected chi connectivity index (χ0v) is 11.4. The van der Waals surface area contributed by atoms with E-state index in [0.717, 1.165) is 12.1 Å². The third-order valence-corrected chi connectivity index (χ3v) is 2.67. The number of amides is 2. The van der Waals surface area contributed by atoms with Gasteiger partial charge in [0.05, 0.1) is 18.3 Å². The fourth-order valence-electron chi connectivity index (χ4n) is 1.53. The third kappa shape index (κ3) is 6.01. The maximum Gasteiger partial charge on any atom is 0.416 e. The highest BCUT2D eigenvalue weighted by molar-refractivity contribution is 5.73. The molecule has 0 heterocycles. The highest BCUT2D eigenvalue weighted by atomic mass is 19.4. The SMILES string of the molecule is COCCNC(=O)NCC(O)c1ccc(C(F)(F)F)cc1. The number of hydrogen-bond acceptors (Lipinski definition) is 3. The number of ether oxygens (including phenoxy) is 1. The smallest absolute Gasteiger partial charge is 0.387 e. The molecule has 0 aliphatic carbocycles. The Bertz CT molecular complexity index is 449. The molecule has 2 amide bonds. The van der Waals surface area contributed by atoms with E-state index in [2.05, 4.69) is 10.6 Å². The minimum Gasteiger partial charge on any atom is -0.387 e. The molecule has 3 N–H and O–H groups in total. The zero-order chi connectivity index (χ0) is 15.9. The van der Waals surface area contributed by atoms with Crippen molar-refractivity contribution in [1.82, 2.24) is 10.6 Å².